The van der Waals surface area contributed by atoms with Gasteiger partial charge >= 0.3 is 0 Å². The van der Waals surface area contributed by atoms with E-state index in [1.165, 1.54) is 11.7 Å². The van der Waals surface area contributed by atoms with Crippen LogP contribution in [0.5, 0.6) is 0 Å². The van der Waals surface area contributed by atoms with Crippen LogP contribution in [0.15, 0.2) is 30.5 Å². The molecule has 1 aromatic carbocycles. The number of terminal acetylenes is 1. The molecule has 2 aromatic rings. The third-order valence-corrected chi connectivity index (χ3v) is 2.16. The summed E-state index contributed by atoms with van der Waals surface area (Å²) < 4.78 is 8.06. The molecule has 0 unspecified atom stereocenters. The molecule has 0 saturated heterocycles. The second-order valence-corrected chi connectivity index (χ2v) is 3.07. The molecular weight excluding hydrogens is 180 g/mol. The summed E-state index contributed by atoms with van der Waals surface area (Å²) in [5, 5.41) is 0. The zero-order chi connectivity index (χ0) is 9.10. The van der Waals surface area contributed by atoms with Crippen molar-refractivity contribution in [2.24, 2.45) is 0 Å². The Morgan fingerprint density at radius 2 is 2.31 bits per heavy atom. The lowest BCUT2D eigenvalue weighted by atomic mass is 10.1. The van der Waals surface area contributed by atoms with Gasteiger partial charge in [-0.2, -0.15) is 8.75 Å². The topological polar surface area (TPSA) is 25.8 Å². The van der Waals surface area contributed by atoms with Gasteiger partial charge in [-0.1, -0.05) is 18.1 Å². The maximum absolute atomic E-state index is 5.29. The first-order chi connectivity index (χ1) is 6.40. The van der Waals surface area contributed by atoms with Crippen molar-refractivity contribution in [1.82, 2.24) is 8.75 Å². The van der Waals surface area contributed by atoms with Gasteiger partial charge in [-0.15, -0.1) is 6.42 Å². The first-order valence-corrected chi connectivity index (χ1v) is 4.48. The number of nitrogens with zero attached hydrogens (tertiary/aromatic N) is 2. The van der Waals surface area contributed by atoms with Crippen molar-refractivity contribution in [2.45, 2.75) is 0 Å². The molecule has 1 aromatic heterocycles. The number of rotatable bonds is 1. The third kappa shape index (κ3) is 1.58. The van der Waals surface area contributed by atoms with Crippen molar-refractivity contribution in [3.05, 3.63) is 36.0 Å². The first-order valence-electron chi connectivity index (χ1n) is 3.75. The summed E-state index contributed by atoms with van der Waals surface area (Å²) >= 11 is 1.20. The van der Waals surface area contributed by atoms with Crippen molar-refractivity contribution < 1.29 is 0 Å². The van der Waals surface area contributed by atoms with Crippen molar-refractivity contribution >= 4 is 11.7 Å². The standard InChI is InChI=1S/C10H6N2S/c1-2-8-4-3-5-9(6-8)10-7-11-13-12-10/h1,3-7H. The molecule has 62 valence electrons. The molecule has 0 aliphatic carbocycles. The van der Waals surface area contributed by atoms with E-state index in [-0.39, 0.29) is 0 Å². The molecule has 1 heterocycles. The Morgan fingerprint density at radius 3 is 3.00 bits per heavy atom. The van der Waals surface area contributed by atoms with Crippen LogP contribution in [0, 0.1) is 12.3 Å². The molecule has 2 nitrogen and oxygen atoms in total. The van der Waals surface area contributed by atoms with Crippen LogP contribution >= 0.6 is 11.7 Å². The normalized spacial score (nSPS) is 9.46. The van der Waals surface area contributed by atoms with Crippen molar-refractivity contribution in [3.8, 4) is 23.6 Å². The number of hydrogen-bond acceptors (Lipinski definition) is 3. The van der Waals surface area contributed by atoms with Gasteiger partial charge in [0.15, 0.2) is 0 Å². The minimum Gasteiger partial charge on any atom is -0.181 e. The van der Waals surface area contributed by atoms with Crippen LogP contribution in [-0.4, -0.2) is 8.75 Å². The van der Waals surface area contributed by atoms with Crippen LogP contribution in [0.2, 0.25) is 0 Å². The van der Waals surface area contributed by atoms with Crippen LogP contribution in [0.1, 0.15) is 5.56 Å². The number of aromatic nitrogens is 2. The Bertz CT molecular complexity index is 440. The molecule has 13 heavy (non-hydrogen) atoms. The molecule has 0 radical (unpaired) electrons. The first kappa shape index (κ1) is 7.96. The maximum atomic E-state index is 5.29. The van der Waals surface area contributed by atoms with Crippen molar-refractivity contribution in [2.75, 3.05) is 0 Å². The van der Waals surface area contributed by atoms with E-state index >= 15 is 0 Å². The van der Waals surface area contributed by atoms with Crippen LogP contribution in [0.3, 0.4) is 0 Å². The molecule has 0 aliphatic rings. The molecule has 0 saturated carbocycles. The fraction of sp³-hybridized carbons (Fsp3) is 0. The summed E-state index contributed by atoms with van der Waals surface area (Å²) in [7, 11) is 0. The zero-order valence-corrected chi connectivity index (χ0v) is 7.58. The quantitative estimate of drug-likeness (QED) is 0.638. The lowest BCUT2D eigenvalue weighted by Gasteiger charge is -1.95. The molecule has 0 aliphatic heterocycles. The van der Waals surface area contributed by atoms with Gasteiger partial charge in [-0.05, 0) is 12.1 Å². The smallest absolute Gasteiger partial charge is 0.104 e. The Kier molecular flexibility index (Phi) is 2.07. The molecule has 3 heteroatoms. The Hall–Kier alpha value is -1.66. The van der Waals surface area contributed by atoms with Gasteiger partial charge in [0.2, 0.25) is 0 Å². The van der Waals surface area contributed by atoms with Gasteiger partial charge < -0.3 is 0 Å². The summed E-state index contributed by atoms with van der Waals surface area (Å²) in [6.45, 7) is 0. The SMILES string of the molecule is C#Cc1cccc(-c2cnsn2)c1. The van der Waals surface area contributed by atoms with E-state index in [9.17, 15) is 0 Å². The van der Waals surface area contributed by atoms with Crippen LogP contribution in [0.25, 0.3) is 11.3 Å². The lowest BCUT2D eigenvalue weighted by molar-refractivity contribution is 1.49. The number of benzene rings is 1. The summed E-state index contributed by atoms with van der Waals surface area (Å²) in [4.78, 5) is 0. The molecule has 0 fully saturated rings. The average Bonchev–Trinajstić information content (AvgIpc) is 2.71. The summed E-state index contributed by atoms with van der Waals surface area (Å²) in [5.41, 5.74) is 2.76. The zero-order valence-electron chi connectivity index (χ0n) is 6.77. The highest BCUT2D eigenvalue weighted by molar-refractivity contribution is 6.99. The maximum Gasteiger partial charge on any atom is 0.104 e. The fourth-order valence-corrected chi connectivity index (χ4v) is 1.49. The highest BCUT2D eigenvalue weighted by Gasteiger charge is 1.99. The molecule has 0 N–H and O–H groups in total. The molecule has 0 bridgehead atoms. The fourth-order valence-electron chi connectivity index (χ4n) is 1.06. The van der Waals surface area contributed by atoms with Gasteiger partial charge in [-0.3, -0.25) is 0 Å². The molecule has 0 spiro atoms. The highest BCUT2D eigenvalue weighted by atomic mass is 32.1. The van der Waals surface area contributed by atoms with E-state index in [1.54, 1.807) is 6.20 Å². The predicted molar refractivity (Wildman–Crippen MR) is 53.3 cm³/mol. The van der Waals surface area contributed by atoms with E-state index in [2.05, 4.69) is 14.7 Å². The highest BCUT2D eigenvalue weighted by Crippen LogP contribution is 2.17. The second kappa shape index (κ2) is 3.38. The lowest BCUT2D eigenvalue weighted by Crippen LogP contribution is -1.78. The third-order valence-electron chi connectivity index (χ3n) is 1.69. The molecule has 2 rings (SSSR count). The van der Waals surface area contributed by atoms with Gasteiger partial charge in [0, 0.05) is 11.1 Å². The summed E-state index contributed by atoms with van der Waals surface area (Å²) in [6.07, 6.45) is 7.03. The Labute approximate surface area is 80.6 Å². The average molecular weight is 186 g/mol. The van der Waals surface area contributed by atoms with Gasteiger partial charge in [0.05, 0.1) is 17.9 Å². The van der Waals surface area contributed by atoms with E-state index in [0.717, 1.165) is 16.8 Å². The Morgan fingerprint density at radius 1 is 1.38 bits per heavy atom. The Balaban J connectivity index is 2.49. The van der Waals surface area contributed by atoms with Gasteiger partial charge in [-0.25, -0.2) is 0 Å². The minimum absolute atomic E-state index is 0.866. The predicted octanol–water partition coefficient (Wildman–Crippen LogP) is 2.19. The monoisotopic (exact) mass is 186 g/mol. The van der Waals surface area contributed by atoms with Gasteiger partial charge in [0.1, 0.15) is 5.69 Å². The van der Waals surface area contributed by atoms with Crippen LogP contribution in [-0.2, 0) is 0 Å². The van der Waals surface area contributed by atoms with Crippen molar-refractivity contribution in [3.63, 3.8) is 0 Å². The molecule has 0 atom stereocenters. The van der Waals surface area contributed by atoms with E-state index in [0.29, 0.717) is 0 Å². The van der Waals surface area contributed by atoms with Crippen molar-refractivity contribution in [1.29, 1.82) is 0 Å². The second-order valence-electron chi connectivity index (χ2n) is 2.52. The minimum atomic E-state index is 0.866. The molecule has 0 amide bonds. The largest absolute Gasteiger partial charge is 0.181 e. The summed E-state index contributed by atoms with van der Waals surface area (Å²) in [6, 6.07) is 7.71. The van der Waals surface area contributed by atoms with E-state index < -0.39 is 0 Å². The number of hydrogen-bond donors (Lipinski definition) is 0. The molecular formula is C10H6N2S. The van der Waals surface area contributed by atoms with Crippen LogP contribution < -0.4 is 0 Å². The van der Waals surface area contributed by atoms with E-state index in [1.807, 2.05) is 24.3 Å². The summed E-state index contributed by atoms with van der Waals surface area (Å²) in [5.74, 6) is 2.58. The van der Waals surface area contributed by atoms with Crippen LogP contribution in [0.4, 0.5) is 0 Å². The van der Waals surface area contributed by atoms with Gasteiger partial charge in [0.25, 0.3) is 0 Å². The van der Waals surface area contributed by atoms with E-state index in [4.69, 9.17) is 6.42 Å².